The van der Waals surface area contributed by atoms with E-state index in [1.54, 1.807) is 48.8 Å². The minimum Gasteiger partial charge on any atom is -0.386 e. The summed E-state index contributed by atoms with van der Waals surface area (Å²) < 4.78 is 47.2. The monoisotopic (exact) mass is 860 g/mol. The van der Waals surface area contributed by atoms with E-state index >= 15 is 0 Å². The maximum atomic E-state index is 13.3. The molecule has 2 aliphatic heterocycles. The Bertz CT molecular complexity index is 2350. The first-order valence-electron chi connectivity index (χ1n) is 20.9. The van der Waals surface area contributed by atoms with Gasteiger partial charge in [-0.3, -0.25) is 34.2 Å². The van der Waals surface area contributed by atoms with E-state index in [1.807, 2.05) is 6.07 Å². The second kappa shape index (κ2) is 18.3. The number of alkyl halides is 3. The van der Waals surface area contributed by atoms with Gasteiger partial charge in [-0.1, -0.05) is 12.1 Å². The Morgan fingerprint density at radius 1 is 0.968 bits per heavy atom. The van der Waals surface area contributed by atoms with Crippen LogP contribution in [0, 0.1) is 5.92 Å². The lowest BCUT2D eigenvalue weighted by atomic mass is 9.80. The standard InChI is InChI=1S/C44H51F3N8O7/c1-43(2,61)30-22-28-23-33(52-54(28)25-34(30)50-39(57)32-10-5-11-36(49-32)44(45,46)47)27-14-12-26(13-15-27)24-53(3)19-7-21-62-20-6-18-48-31-9-4-8-29-38(31)42(60)55(41(29)59)35-16-17-37(56)51-40(35)58/h4-5,8-11,22-23,25-27,35,48,61H,6-7,12-21,24H2,1-3H3,(H,50,57)(H,51,56,58). The van der Waals surface area contributed by atoms with Gasteiger partial charge < -0.3 is 25.4 Å². The van der Waals surface area contributed by atoms with Crippen LogP contribution in [-0.2, 0) is 26.1 Å². The molecule has 1 saturated carbocycles. The van der Waals surface area contributed by atoms with E-state index < -0.39 is 58.7 Å². The summed E-state index contributed by atoms with van der Waals surface area (Å²) >= 11 is 0. The van der Waals surface area contributed by atoms with Crippen LogP contribution in [0.15, 0.2) is 54.7 Å². The van der Waals surface area contributed by atoms with Crippen molar-refractivity contribution in [1.82, 2.24) is 29.7 Å². The zero-order chi connectivity index (χ0) is 44.3. The van der Waals surface area contributed by atoms with Crippen LogP contribution in [0.2, 0.25) is 0 Å². The molecule has 18 heteroatoms. The first-order valence-corrected chi connectivity index (χ1v) is 20.9. The molecule has 1 saturated heterocycles. The lowest BCUT2D eigenvalue weighted by Crippen LogP contribution is -2.54. The summed E-state index contributed by atoms with van der Waals surface area (Å²) in [5.41, 5.74) is 0.246. The molecule has 15 nitrogen and oxygen atoms in total. The van der Waals surface area contributed by atoms with Gasteiger partial charge in [0, 0.05) is 56.4 Å². The van der Waals surface area contributed by atoms with E-state index in [-0.39, 0.29) is 35.6 Å². The number of rotatable bonds is 16. The Morgan fingerprint density at radius 3 is 2.44 bits per heavy atom. The average molecular weight is 861 g/mol. The molecular formula is C44H51F3N8O7. The highest BCUT2D eigenvalue weighted by Gasteiger charge is 2.45. The summed E-state index contributed by atoms with van der Waals surface area (Å²) in [5, 5.41) is 23.9. The molecular weight excluding hydrogens is 810 g/mol. The molecule has 1 atom stereocenters. The highest BCUT2D eigenvalue weighted by molar-refractivity contribution is 6.25. The maximum Gasteiger partial charge on any atom is 0.433 e. The van der Waals surface area contributed by atoms with Crippen molar-refractivity contribution in [3.05, 3.63) is 88.5 Å². The number of anilines is 2. The lowest BCUT2D eigenvalue weighted by molar-refractivity contribution is -0.141. The van der Waals surface area contributed by atoms with E-state index in [1.165, 1.54) is 6.07 Å². The number of imide groups is 2. The third-order valence-corrected chi connectivity index (χ3v) is 11.7. The Balaban J connectivity index is 0.825. The number of aromatic nitrogens is 3. The van der Waals surface area contributed by atoms with Crippen LogP contribution in [0.4, 0.5) is 24.5 Å². The van der Waals surface area contributed by atoms with Crippen LogP contribution < -0.4 is 16.0 Å². The van der Waals surface area contributed by atoms with Gasteiger partial charge in [-0.05, 0) is 108 Å². The van der Waals surface area contributed by atoms with Crippen LogP contribution >= 0.6 is 0 Å². The summed E-state index contributed by atoms with van der Waals surface area (Å²) in [6, 6.07) is 10.8. The molecule has 1 unspecified atom stereocenters. The molecule has 3 aliphatic rings. The summed E-state index contributed by atoms with van der Waals surface area (Å²) in [7, 11) is 2.11. The Labute approximate surface area is 356 Å². The number of pyridine rings is 2. The molecule has 5 amide bonds. The molecule has 330 valence electrons. The number of amides is 5. The number of benzene rings is 1. The summed E-state index contributed by atoms with van der Waals surface area (Å²) in [6.45, 7) is 6.60. The van der Waals surface area contributed by atoms with E-state index in [0.29, 0.717) is 43.3 Å². The minimum atomic E-state index is -4.70. The fraction of sp³-hybridized carbons (Fsp3) is 0.477. The normalized spacial score (nSPS) is 19.6. The van der Waals surface area contributed by atoms with Crippen molar-refractivity contribution < 1.29 is 47.0 Å². The number of hydrogen-bond donors (Lipinski definition) is 4. The highest BCUT2D eigenvalue weighted by atomic mass is 19.4. The smallest absolute Gasteiger partial charge is 0.386 e. The fourth-order valence-corrected chi connectivity index (χ4v) is 8.54. The molecule has 4 N–H and O–H groups in total. The zero-order valence-corrected chi connectivity index (χ0v) is 34.9. The summed E-state index contributed by atoms with van der Waals surface area (Å²) in [6.07, 6.45) is 2.55. The van der Waals surface area contributed by atoms with Gasteiger partial charge >= 0.3 is 6.18 Å². The maximum absolute atomic E-state index is 13.3. The minimum absolute atomic E-state index is 0.0598. The van der Waals surface area contributed by atoms with Crippen molar-refractivity contribution in [3.63, 3.8) is 0 Å². The van der Waals surface area contributed by atoms with Crippen molar-refractivity contribution in [3.8, 4) is 0 Å². The highest BCUT2D eigenvalue weighted by Crippen LogP contribution is 2.38. The van der Waals surface area contributed by atoms with Crippen molar-refractivity contribution in [2.24, 2.45) is 5.92 Å². The number of piperidine rings is 1. The number of hydrogen-bond acceptors (Lipinski definition) is 11. The van der Waals surface area contributed by atoms with E-state index in [9.17, 15) is 42.3 Å². The lowest BCUT2D eigenvalue weighted by Gasteiger charge is -2.30. The Hall–Kier alpha value is -5.72. The second-order valence-corrected chi connectivity index (χ2v) is 16.9. The van der Waals surface area contributed by atoms with Gasteiger partial charge in [0.1, 0.15) is 17.4 Å². The molecule has 0 spiro atoms. The molecule has 3 aromatic heterocycles. The van der Waals surface area contributed by atoms with Gasteiger partial charge in [-0.15, -0.1) is 0 Å². The molecule has 0 radical (unpaired) electrons. The number of nitrogens with zero attached hydrogens (tertiary/aromatic N) is 5. The Kier molecular flexibility index (Phi) is 13.1. The molecule has 2 fully saturated rings. The van der Waals surface area contributed by atoms with Crippen LogP contribution in [0.5, 0.6) is 0 Å². The number of carbonyl (C=O) groups excluding carboxylic acids is 5. The second-order valence-electron chi connectivity index (χ2n) is 16.9. The molecule has 7 rings (SSSR count). The number of aliphatic hydroxyl groups is 1. The summed E-state index contributed by atoms with van der Waals surface area (Å²) in [4.78, 5) is 70.2. The SMILES string of the molecule is CN(CCCOCCCNc1cccc2c1C(=O)N(C1CCC(=O)NC1=O)C2=O)CC1CCC(c2cc3cc(C(C)(C)O)c(NC(=O)c4cccc(C(F)(F)F)n4)cn3n2)CC1. The molecule has 4 aromatic rings. The quantitative estimate of drug-likeness (QED) is 0.0795. The van der Waals surface area contributed by atoms with Crippen molar-refractivity contribution in [2.45, 2.75) is 89.0 Å². The van der Waals surface area contributed by atoms with Gasteiger partial charge in [0.2, 0.25) is 11.8 Å². The van der Waals surface area contributed by atoms with Gasteiger partial charge in [0.15, 0.2) is 0 Å². The van der Waals surface area contributed by atoms with Crippen molar-refractivity contribution in [2.75, 3.05) is 50.5 Å². The van der Waals surface area contributed by atoms with Gasteiger partial charge in [-0.2, -0.15) is 18.3 Å². The van der Waals surface area contributed by atoms with Crippen LogP contribution in [0.1, 0.15) is 119 Å². The van der Waals surface area contributed by atoms with Gasteiger partial charge in [0.05, 0.1) is 39.8 Å². The first kappa shape index (κ1) is 44.3. The molecule has 1 aliphatic carbocycles. The first-order chi connectivity index (χ1) is 29.5. The molecule has 1 aromatic carbocycles. The Morgan fingerprint density at radius 2 is 1.71 bits per heavy atom. The van der Waals surface area contributed by atoms with Gasteiger partial charge in [-0.25, -0.2) is 9.50 Å². The number of fused-ring (bicyclic) bond motifs is 2. The van der Waals surface area contributed by atoms with Crippen LogP contribution in [0.3, 0.4) is 0 Å². The number of halogens is 3. The third kappa shape index (κ3) is 9.98. The van der Waals surface area contributed by atoms with Crippen molar-refractivity contribution >= 4 is 46.4 Å². The average Bonchev–Trinajstić information content (AvgIpc) is 3.75. The summed E-state index contributed by atoms with van der Waals surface area (Å²) in [5.74, 6) is -2.23. The largest absolute Gasteiger partial charge is 0.433 e. The molecule has 62 heavy (non-hydrogen) atoms. The third-order valence-electron chi connectivity index (χ3n) is 11.7. The number of carbonyl (C=O) groups is 5. The zero-order valence-electron chi connectivity index (χ0n) is 34.9. The van der Waals surface area contributed by atoms with E-state index in [2.05, 4.69) is 32.9 Å². The fourth-order valence-electron chi connectivity index (χ4n) is 8.54. The van der Waals surface area contributed by atoms with Crippen LogP contribution in [0.25, 0.3) is 5.52 Å². The predicted octanol–water partition coefficient (Wildman–Crippen LogP) is 5.74. The predicted molar refractivity (Wildman–Crippen MR) is 221 cm³/mol. The molecule has 0 bridgehead atoms. The van der Waals surface area contributed by atoms with Gasteiger partial charge in [0.25, 0.3) is 17.7 Å². The number of nitrogens with one attached hydrogen (secondary N) is 3. The van der Waals surface area contributed by atoms with E-state index in [4.69, 9.17) is 9.84 Å². The van der Waals surface area contributed by atoms with Crippen molar-refractivity contribution in [1.29, 1.82) is 0 Å². The van der Waals surface area contributed by atoms with Crippen LogP contribution in [-0.4, -0.2) is 105 Å². The molecule has 5 heterocycles. The number of ether oxygens (including phenoxy) is 1. The topological polar surface area (TPSA) is 188 Å². The van der Waals surface area contributed by atoms with E-state index in [0.717, 1.165) is 73.4 Å².